The molecule has 0 unspecified atom stereocenters. The number of aromatic nitrogens is 8. The van der Waals surface area contributed by atoms with E-state index in [1.807, 2.05) is 54.4 Å². The Kier molecular flexibility index (Phi) is 3.83. The van der Waals surface area contributed by atoms with E-state index < -0.39 is 0 Å². The first-order chi connectivity index (χ1) is 14.0. The zero-order valence-electron chi connectivity index (χ0n) is 16.4. The number of imidazole rings is 1. The molecule has 0 saturated heterocycles. The molecular formula is C20H20N8O. The van der Waals surface area contributed by atoms with Crippen LogP contribution >= 0.6 is 0 Å². The summed E-state index contributed by atoms with van der Waals surface area (Å²) >= 11 is 0. The summed E-state index contributed by atoms with van der Waals surface area (Å²) in [6.45, 7) is 2.26. The smallest absolute Gasteiger partial charge is 0.291 e. The Balaban J connectivity index is 1.63. The molecule has 0 amide bonds. The van der Waals surface area contributed by atoms with Gasteiger partial charge in [-0.25, -0.2) is 9.67 Å². The minimum Gasteiger partial charge on any atom is -0.324 e. The summed E-state index contributed by atoms with van der Waals surface area (Å²) in [5.74, 6) is 0.893. The second-order valence-corrected chi connectivity index (χ2v) is 7.22. The number of aryl methyl sites for hydroxylation is 3. The molecule has 146 valence electrons. The molecule has 5 aromatic heterocycles. The fraction of sp³-hybridized carbons (Fsp3) is 0.250. The Labute approximate surface area is 165 Å². The van der Waals surface area contributed by atoms with Gasteiger partial charge in [-0.2, -0.15) is 10.2 Å². The van der Waals surface area contributed by atoms with Crippen LogP contribution in [0.3, 0.4) is 0 Å². The number of rotatable bonds is 4. The number of hydrogen-bond acceptors (Lipinski definition) is 5. The number of nitrogens with zero attached hydrogens (tertiary/aromatic N) is 7. The zero-order chi connectivity index (χ0) is 20.1. The molecule has 0 aliphatic carbocycles. The predicted molar refractivity (Wildman–Crippen MR) is 109 cm³/mol. The van der Waals surface area contributed by atoms with Gasteiger partial charge in [0.05, 0.1) is 23.8 Å². The van der Waals surface area contributed by atoms with Crippen LogP contribution in [0.5, 0.6) is 0 Å². The minimum absolute atomic E-state index is 0.151. The van der Waals surface area contributed by atoms with Crippen molar-refractivity contribution in [2.24, 2.45) is 14.1 Å². The predicted octanol–water partition coefficient (Wildman–Crippen LogP) is 1.69. The lowest BCUT2D eigenvalue weighted by molar-refractivity contribution is 0.631. The summed E-state index contributed by atoms with van der Waals surface area (Å²) in [5, 5.41) is 12.1. The van der Waals surface area contributed by atoms with Gasteiger partial charge in [0.15, 0.2) is 0 Å². The zero-order valence-corrected chi connectivity index (χ0v) is 16.4. The van der Waals surface area contributed by atoms with E-state index in [1.165, 1.54) is 4.68 Å². The first-order valence-electron chi connectivity index (χ1n) is 9.33. The Morgan fingerprint density at radius 3 is 2.72 bits per heavy atom. The van der Waals surface area contributed by atoms with Gasteiger partial charge in [0, 0.05) is 38.1 Å². The molecule has 1 N–H and O–H groups in total. The fourth-order valence-electron chi connectivity index (χ4n) is 3.85. The molecule has 0 fully saturated rings. The van der Waals surface area contributed by atoms with Gasteiger partial charge in [-0.1, -0.05) is 6.07 Å². The molecule has 5 heterocycles. The monoisotopic (exact) mass is 388 g/mol. The molecule has 5 aromatic rings. The van der Waals surface area contributed by atoms with Crippen LogP contribution in [0.2, 0.25) is 0 Å². The van der Waals surface area contributed by atoms with Crippen LogP contribution in [0, 0.1) is 6.92 Å². The van der Waals surface area contributed by atoms with Gasteiger partial charge in [0.2, 0.25) is 0 Å². The minimum atomic E-state index is -0.151. The van der Waals surface area contributed by atoms with Gasteiger partial charge in [0.25, 0.3) is 5.56 Å². The van der Waals surface area contributed by atoms with Crippen LogP contribution in [0.15, 0.2) is 41.5 Å². The molecule has 0 saturated carbocycles. The quantitative estimate of drug-likeness (QED) is 0.505. The van der Waals surface area contributed by atoms with Crippen LogP contribution in [0.1, 0.15) is 22.9 Å². The third-order valence-corrected chi connectivity index (χ3v) is 5.25. The van der Waals surface area contributed by atoms with E-state index in [1.54, 1.807) is 12.4 Å². The number of fused-ring (bicyclic) bond motifs is 3. The van der Waals surface area contributed by atoms with Crippen molar-refractivity contribution >= 4 is 22.1 Å². The van der Waals surface area contributed by atoms with Crippen molar-refractivity contribution in [2.45, 2.75) is 19.9 Å². The summed E-state index contributed by atoms with van der Waals surface area (Å²) in [6, 6.07) is 7.69. The maximum atomic E-state index is 13.2. The lowest BCUT2D eigenvalue weighted by Crippen LogP contribution is -2.25. The molecule has 5 rings (SSSR count). The van der Waals surface area contributed by atoms with Gasteiger partial charge in [-0.15, -0.1) is 0 Å². The first kappa shape index (κ1) is 17.4. The molecule has 0 aliphatic rings. The highest BCUT2D eigenvalue weighted by molar-refractivity contribution is 6.04. The molecular weight excluding hydrogens is 368 g/mol. The highest BCUT2D eigenvalue weighted by Gasteiger charge is 2.20. The van der Waals surface area contributed by atoms with Crippen LogP contribution < -0.4 is 5.56 Å². The Morgan fingerprint density at radius 2 is 1.97 bits per heavy atom. The highest BCUT2D eigenvalue weighted by atomic mass is 16.1. The standard InChI is InChI=1S/C20H20N8O/c1-12-5-4-6-14(23-12)11-28-20(29)18-15(10-22-28)17-19(27(18)3)26(2)16(24-17)9-13-7-8-21-25-13/h4-8,10H,9,11H2,1-3H3,(H,21,25). The normalized spacial score (nSPS) is 11.7. The lowest BCUT2D eigenvalue weighted by Gasteiger charge is -2.07. The van der Waals surface area contributed by atoms with Gasteiger partial charge in [-0.05, 0) is 25.1 Å². The third-order valence-electron chi connectivity index (χ3n) is 5.25. The number of pyridine rings is 1. The molecule has 0 radical (unpaired) electrons. The van der Waals surface area contributed by atoms with Crippen molar-refractivity contribution in [3.8, 4) is 0 Å². The highest BCUT2D eigenvalue weighted by Crippen LogP contribution is 2.26. The molecule has 9 heteroatoms. The lowest BCUT2D eigenvalue weighted by atomic mass is 10.3. The molecule has 0 aliphatic heterocycles. The van der Waals surface area contributed by atoms with E-state index in [0.717, 1.165) is 39.5 Å². The topological polar surface area (TPSA) is 99.2 Å². The summed E-state index contributed by atoms with van der Waals surface area (Å²) in [7, 11) is 3.85. The molecule has 0 bridgehead atoms. The molecule has 9 nitrogen and oxygen atoms in total. The molecule has 0 atom stereocenters. The second-order valence-electron chi connectivity index (χ2n) is 7.22. The van der Waals surface area contributed by atoms with Crippen molar-refractivity contribution in [3.63, 3.8) is 0 Å². The van der Waals surface area contributed by atoms with Crippen LogP contribution in [-0.2, 0) is 27.1 Å². The van der Waals surface area contributed by atoms with E-state index in [4.69, 9.17) is 4.98 Å². The van der Waals surface area contributed by atoms with Crippen LogP contribution in [-0.4, -0.2) is 39.1 Å². The number of hydrogen-bond donors (Lipinski definition) is 1. The van der Waals surface area contributed by atoms with E-state index in [2.05, 4.69) is 20.3 Å². The Hall–Kier alpha value is -3.75. The average Bonchev–Trinajstić information content (AvgIpc) is 3.38. The number of H-pyrrole nitrogens is 1. The average molecular weight is 388 g/mol. The molecule has 0 aromatic carbocycles. The van der Waals surface area contributed by atoms with Crippen molar-refractivity contribution in [3.05, 3.63) is 69.9 Å². The van der Waals surface area contributed by atoms with Crippen molar-refractivity contribution in [1.29, 1.82) is 0 Å². The van der Waals surface area contributed by atoms with E-state index >= 15 is 0 Å². The van der Waals surface area contributed by atoms with Crippen molar-refractivity contribution < 1.29 is 0 Å². The summed E-state index contributed by atoms with van der Waals surface area (Å²) in [4.78, 5) is 22.4. The van der Waals surface area contributed by atoms with Crippen LogP contribution in [0.25, 0.3) is 22.1 Å². The van der Waals surface area contributed by atoms with Crippen molar-refractivity contribution in [1.82, 2.24) is 39.1 Å². The number of nitrogens with one attached hydrogen (secondary N) is 1. The maximum absolute atomic E-state index is 13.2. The van der Waals surface area contributed by atoms with E-state index in [0.29, 0.717) is 18.5 Å². The largest absolute Gasteiger partial charge is 0.324 e. The summed E-state index contributed by atoms with van der Waals surface area (Å²) in [6.07, 6.45) is 4.08. The van der Waals surface area contributed by atoms with Crippen molar-refractivity contribution in [2.75, 3.05) is 0 Å². The fourth-order valence-corrected chi connectivity index (χ4v) is 3.85. The maximum Gasteiger partial charge on any atom is 0.291 e. The Morgan fingerprint density at radius 1 is 1.10 bits per heavy atom. The SMILES string of the molecule is Cc1cccc(Cn2ncc3c4nc(Cc5ccn[nH]5)n(C)c4n(C)c3c2=O)n1. The molecule has 0 spiro atoms. The Bertz CT molecular complexity index is 1400. The van der Waals surface area contributed by atoms with E-state index in [-0.39, 0.29) is 5.56 Å². The second kappa shape index (κ2) is 6.40. The summed E-state index contributed by atoms with van der Waals surface area (Å²) < 4.78 is 5.37. The first-order valence-corrected chi connectivity index (χ1v) is 9.33. The third kappa shape index (κ3) is 2.74. The van der Waals surface area contributed by atoms with Gasteiger partial charge < -0.3 is 9.13 Å². The number of aromatic amines is 1. The van der Waals surface area contributed by atoms with Gasteiger partial charge >= 0.3 is 0 Å². The van der Waals surface area contributed by atoms with Gasteiger partial charge in [0.1, 0.15) is 22.5 Å². The van der Waals surface area contributed by atoms with E-state index in [9.17, 15) is 4.79 Å². The van der Waals surface area contributed by atoms with Crippen LogP contribution in [0.4, 0.5) is 0 Å². The van der Waals surface area contributed by atoms with Gasteiger partial charge in [-0.3, -0.25) is 14.9 Å². The molecule has 29 heavy (non-hydrogen) atoms. The summed E-state index contributed by atoms with van der Waals surface area (Å²) in [5.41, 5.74) is 4.81.